The fraction of sp³-hybridized carbons (Fsp3) is 0.500. The van der Waals surface area contributed by atoms with Gasteiger partial charge in [0.25, 0.3) is 5.91 Å². The molecule has 1 unspecified atom stereocenters. The largest absolute Gasteiger partial charge is 0.354 e. The van der Waals surface area contributed by atoms with E-state index in [1.165, 1.54) is 11.8 Å². The van der Waals surface area contributed by atoms with Crippen molar-refractivity contribution >= 4 is 46.8 Å². The van der Waals surface area contributed by atoms with Gasteiger partial charge in [-0.2, -0.15) is 0 Å². The number of nitrogens with zero attached hydrogens (tertiary/aromatic N) is 2. The standard InChI is InChI=1S/C18H18ClN3O3S/c19-10-3-4-14-12(8-10)22-15(23)5-6-18(22,26-14)17(25)21-7-1-2-11-13(21)9-20-16(11)24/h3-4,8,11,13H,1-2,5-7,9H2,(H,20,24)/t11-,13-,18?/m1/s1. The first-order valence-electron chi connectivity index (χ1n) is 8.92. The normalized spacial score (nSPS) is 32.3. The summed E-state index contributed by atoms with van der Waals surface area (Å²) < 4.78 is 0. The molecule has 1 aromatic rings. The third-order valence-corrected chi connectivity index (χ3v) is 7.62. The number of benzene rings is 1. The predicted molar refractivity (Wildman–Crippen MR) is 98.0 cm³/mol. The second kappa shape index (κ2) is 5.63. The Hall–Kier alpha value is -1.73. The third kappa shape index (κ3) is 2.10. The van der Waals surface area contributed by atoms with Gasteiger partial charge in [-0.25, -0.2) is 0 Å². The highest BCUT2D eigenvalue weighted by Crippen LogP contribution is 2.57. The van der Waals surface area contributed by atoms with Crippen molar-refractivity contribution in [3.05, 3.63) is 23.2 Å². The molecule has 0 radical (unpaired) electrons. The molecule has 8 heteroatoms. The van der Waals surface area contributed by atoms with Crippen molar-refractivity contribution in [2.75, 3.05) is 18.0 Å². The molecule has 4 aliphatic rings. The molecule has 1 aromatic carbocycles. The maximum absolute atomic E-state index is 13.7. The number of carbonyl (C=O) groups is 3. The van der Waals surface area contributed by atoms with Gasteiger partial charge in [0.05, 0.1) is 17.6 Å². The van der Waals surface area contributed by atoms with E-state index in [-0.39, 0.29) is 29.7 Å². The molecule has 0 bridgehead atoms. The molecule has 3 saturated heterocycles. The smallest absolute Gasteiger partial charge is 0.260 e. The van der Waals surface area contributed by atoms with Crippen molar-refractivity contribution in [3.63, 3.8) is 0 Å². The van der Waals surface area contributed by atoms with Crippen LogP contribution in [0.25, 0.3) is 0 Å². The molecular formula is C18H18ClN3O3S. The summed E-state index contributed by atoms with van der Waals surface area (Å²) in [6.07, 6.45) is 2.47. The fourth-order valence-corrected chi connectivity index (χ4v) is 6.36. The second-order valence-electron chi connectivity index (χ2n) is 7.29. The number of fused-ring (bicyclic) bond motifs is 4. The Morgan fingerprint density at radius 2 is 2.19 bits per heavy atom. The zero-order chi connectivity index (χ0) is 18.1. The monoisotopic (exact) mass is 391 g/mol. The van der Waals surface area contributed by atoms with Crippen molar-refractivity contribution in [2.45, 2.75) is 41.5 Å². The van der Waals surface area contributed by atoms with Crippen molar-refractivity contribution < 1.29 is 14.4 Å². The Morgan fingerprint density at radius 3 is 3.04 bits per heavy atom. The van der Waals surface area contributed by atoms with Crippen LogP contribution < -0.4 is 10.2 Å². The Bertz CT molecular complexity index is 847. The lowest BCUT2D eigenvalue weighted by atomic mass is 9.90. The zero-order valence-electron chi connectivity index (χ0n) is 14.0. The van der Waals surface area contributed by atoms with Gasteiger partial charge in [0.1, 0.15) is 0 Å². The summed E-state index contributed by atoms with van der Waals surface area (Å²) in [5.41, 5.74) is 0.729. The average Bonchev–Trinajstić information content (AvgIpc) is 3.27. The molecule has 136 valence electrons. The molecule has 5 rings (SSSR count). The molecule has 0 saturated carbocycles. The first-order chi connectivity index (χ1) is 12.5. The molecule has 0 aliphatic carbocycles. The van der Waals surface area contributed by atoms with Gasteiger partial charge in [0.15, 0.2) is 4.87 Å². The lowest BCUT2D eigenvalue weighted by Gasteiger charge is -2.41. The van der Waals surface area contributed by atoms with E-state index < -0.39 is 4.87 Å². The van der Waals surface area contributed by atoms with Crippen LogP contribution in [0.2, 0.25) is 5.02 Å². The van der Waals surface area contributed by atoms with Gasteiger partial charge in [-0.15, -0.1) is 0 Å². The van der Waals surface area contributed by atoms with E-state index in [4.69, 9.17) is 11.6 Å². The number of thioether (sulfide) groups is 1. The number of likely N-dealkylation sites (tertiary alicyclic amines) is 1. The summed E-state index contributed by atoms with van der Waals surface area (Å²) in [6.45, 7) is 1.14. The van der Waals surface area contributed by atoms with Gasteiger partial charge < -0.3 is 10.2 Å². The van der Waals surface area contributed by atoms with Gasteiger partial charge >= 0.3 is 0 Å². The van der Waals surface area contributed by atoms with Crippen molar-refractivity contribution in [1.29, 1.82) is 0 Å². The van der Waals surface area contributed by atoms with Crippen molar-refractivity contribution in [2.24, 2.45) is 5.92 Å². The van der Waals surface area contributed by atoms with E-state index >= 15 is 0 Å². The summed E-state index contributed by atoms with van der Waals surface area (Å²) in [5.74, 6) is -0.177. The van der Waals surface area contributed by atoms with Crippen LogP contribution in [0.3, 0.4) is 0 Å². The molecule has 0 spiro atoms. The maximum atomic E-state index is 13.7. The molecule has 3 fully saturated rings. The molecule has 0 aromatic heterocycles. The summed E-state index contributed by atoms with van der Waals surface area (Å²) in [4.78, 5) is 41.9. The van der Waals surface area contributed by atoms with Crippen LogP contribution in [0.5, 0.6) is 0 Å². The fourth-order valence-electron chi connectivity index (χ4n) is 4.73. The van der Waals surface area contributed by atoms with Gasteiger partial charge in [0, 0.05) is 29.4 Å². The van der Waals surface area contributed by atoms with Gasteiger partial charge in [-0.3, -0.25) is 19.3 Å². The lowest BCUT2D eigenvalue weighted by Crippen LogP contribution is -2.59. The minimum Gasteiger partial charge on any atom is -0.354 e. The van der Waals surface area contributed by atoms with Crippen molar-refractivity contribution in [1.82, 2.24) is 10.2 Å². The summed E-state index contributed by atoms with van der Waals surface area (Å²) in [7, 11) is 0. The first kappa shape index (κ1) is 16.4. The Balaban J connectivity index is 1.54. The van der Waals surface area contributed by atoms with Crippen LogP contribution in [-0.4, -0.2) is 46.6 Å². The van der Waals surface area contributed by atoms with Crippen LogP contribution in [0, 0.1) is 5.92 Å². The zero-order valence-corrected chi connectivity index (χ0v) is 15.6. The number of halogens is 1. The molecule has 6 nitrogen and oxygen atoms in total. The van der Waals surface area contributed by atoms with Crippen LogP contribution in [0.15, 0.2) is 23.1 Å². The molecule has 1 N–H and O–H groups in total. The van der Waals surface area contributed by atoms with Crippen LogP contribution in [-0.2, 0) is 14.4 Å². The third-order valence-electron chi connectivity index (χ3n) is 5.93. The minimum atomic E-state index is -0.933. The number of amides is 3. The van der Waals surface area contributed by atoms with E-state index in [0.717, 1.165) is 23.4 Å². The quantitative estimate of drug-likeness (QED) is 0.795. The van der Waals surface area contributed by atoms with Crippen LogP contribution >= 0.6 is 23.4 Å². The van der Waals surface area contributed by atoms with Gasteiger partial charge in [-0.1, -0.05) is 23.4 Å². The number of rotatable bonds is 1. The summed E-state index contributed by atoms with van der Waals surface area (Å²) in [6, 6.07) is 5.32. The summed E-state index contributed by atoms with van der Waals surface area (Å²) >= 11 is 7.59. The van der Waals surface area contributed by atoms with E-state index in [2.05, 4.69) is 5.32 Å². The highest BCUT2D eigenvalue weighted by Gasteiger charge is 2.60. The maximum Gasteiger partial charge on any atom is 0.260 e. The number of carbonyl (C=O) groups excluding carboxylic acids is 3. The first-order valence-corrected chi connectivity index (χ1v) is 10.1. The second-order valence-corrected chi connectivity index (χ2v) is 9.04. The topological polar surface area (TPSA) is 69.7 Å². The Morgan fingerprint density at radius 1 is 1.35 bits per heavy atom. The highest BCUT2D eigenvalue weighted by molar-refractivity contribution is 8.02. The lowest BCUT2D eigenvalue weighted by molar-refractivity contribution is -0.139. The van der Waals surface area contributed by atoms with Crippen LogP contribution in [0.1, 0.15) is 25.7 Å². The van der Waals surface area contributed by atoms with E-state index in [9.17, 15) is 14.4 Å². The predicted octanol–water partition coefficient (Wildman–Crippen LogP) is 2.01. The molecule has 4 aliphatic heterocycles. The van der Waals surface area contributed by atoms with Gasteiger partial charge in [-0.05, 0) is 37.5 Å². The van der Waals surface area contributed by atoms with Crippen molar-refractivity contribution in [3.8, 4) is 0 Å². The average molecular weight is 392 g/mol. The number of piperidine rings is 1. The van der Waals surface area contributed by atoms with Gasteiger partial charge in [0.2, 0.25) is 11.8 Å². The molecule has 3 atom stereocenters. The number of hydrogen-bond acceptors (Lipinski definition) is 4. The molecule has 4 heterocycles. The molecular weight excluding hydrogens is 374 g/mol. The number of hydrogen-bond donors (Lipinski definition) is 1. The minimum absolute atomic E-state index is 0.0403. The number of nitrogens with one attached hydrogen (secondary N) is 1. The Kier molecular flexibility index (Phi) is 3.56. The highest BCUT2D eigenvalue weighted by atomic mass is 35.5. The Labute approximate surface area is 160 Å². The van der Waals surface area contributed by atoms with E-state index in [1.807, 2.05) is 11.0 Å². The SMILES string of the molecule is O=C1NC[C@@H]2[C@H]1CCCN2C(=O)C12CCC(=O)N1c1cc(Cl)ccc1S2. The number of anilines is 1. The van der Waals surface area contributed by atoms with E-state index in [1.54, 1.807) is 17.0 Å². The van der Waals surface area contributed by atoms with Crippen LogP contribution in [0.4, 0.5) is 5.69 Å². The summed E-state index contributed by atoms with van der Waals surface area (Å²) in [5, 5.41) is 3.44. The molecule has 3 amide bonds. The molecule has 26 heavy (non-hydrogen) atoms. The van der Waals surface area contributed by atoms with E-state index in [0.29, 0.717) is 31.0 Å².